The van der Waals surface area contributed by atoms with E-state index in [-0.39, 0.29) is 0 Å². The van der Waals surface area contributed by atoms with Crippen molar-refractivity contribution in [1.29, 1.82) is 0 Å². The highest BCUT2D eigenvalue weighted by molar-refractivity contribution is 5.82. The second-order valence-corrected chi connectivity index (χ2v) is 5.67. The minimum absolute atomic E-state index is 0.387. The van der Waals surface area contributed by atoms with Crippen molar-refractivity contribution in [3.8, 4) is 11.4 Å². The molecular formula is C17H21N7O. The first-order valence-corrected chi connectivity index (χ1v) is 7.81. The minimum atomic E-state index is 0.387. The number of anilines is 1. The van der Waals surface area contributed by atoms with Crippen molar-refractivity contribution in [3.05, 3.63) is 53.1 Å². The normalized spacial score (nSPS) is 11.2. The summed E-state index contributed by atoms with van der Waals surface area (Å²) in [5.41, 5.74) is 7.07. The Morgan fingerprint density at radius 2 is 1.88 bits per heavy atom. The van der Waals surface area contributed by atoms with Crippen LogP contribution in [0, 0.1) is 20.8 Å². The highest BCUT2D eigenvalue weighted by atomic mass is 16.5. The van der Waals surface area contributed by atoms with Gasteiger partial charge in [-0.2, -0.15) is 5.10 Å². The highest BCUT2D eigenvalue weighted by Crippen LogP contribution is 2.22. The van der Waals surface area contributed by atoms with Crippen LogP contribution in [-0.4, -0.2) is 32.8 Å². The molecule has 8 nitrogen and oxygen atoms in total. The van der Waals surface area contributed by atoms with E-state index >= 15 is 0 Å². The fraction of sp³-hybridized carbons (Fsp3) is 0.235. The summed E-state index contributed by atoms with van der Waals surface area (Å²) in [5, 5.41) is 12.0. The molecule has 0 aliphatic rings. The zero-order valence-corrected chi connectivity index (χ0v) is 14.7. The molecule has 0 saturated carbocycles. The molecule has 0 radical (unpaired) electrons. The van der Waals surface area contributed by atoms with E-state index in [0.29, 0.717) is 11.8 Å². The van der Waals surface area contributed by atoms with Crippen LogP contribution in [0.3, 0.4) is 0 Å². The molecule has 3 aromatic rings. The lowest BCUT2D eigenvalue weighted by molar-refractivity contribution is 0.414. The van der Waals surface area contributed by atoms with Gasteiger partial charge >= 0.3 is 0 Å². The second-order valence-electron chi connectivity index (χ2n) is 5.67. The molecule has 3 N–H and O–H groups in total. The van der Waals surface area contributed by atoms with E-state index in [4.69, 9.17) is 10.6 Å². The molecule has 0 bridgehead atoms. The third-order valence-corrected chi connectivity index (χ3v) is 4.04. The summed E-state index contributed by atoms with van der Waals surface area (Å²) in [6, 6.07) is 10.0. The van der Waals surface area contributed by atoms with Gasteiger partial charge in [0.15, 0.2) is 5.82 Å². The maximum absolute atomic E-state index is 5.78. The average Bonchev–Trinajstić information content (AvgIpc) is 3.08. The number of hydrogen-bond acceptors (Lipinski definition) is 6. The number of nitrogens with two attached hydrogens (primary N) is 1. The fourth-order valence-electron chi connectivity index (χ4n) is 2.65. The SMILES string of the molecule is COc1ccc(-n2c(C)cc(C=NNc3nnc(C)n3N)c2C)cc1. The zero-order valence-electron chi connectivity index (χ0n) is 14.7. The molecule has 1 aromatic carbocycles. The van der Waals surface area contributed by atoms with E-state index in [1.807, 2.05) is 31.2 Å². The third-order valence-electron chi connectivity index (χ3n) is 4.04. The molecule has 0 spiro atoms. The number of ether oxygens (including phenoxy) is 1. The van der Waals surface area contributed by atoms with Crippen LogP contribution in [0.5, 0.6) is 5.75 Å². The van der Waals surface area contributed by atoms with Crippen LogP contribution < -0.4 is 16.0 Å². The predicted octanol–water partition coefficient (Wildman–Crippen LogP) is 2.16. The smallest absolute Gasteiger partial charge is 0.263 e. The van der Waals surface area contributed by atoms with Gasteiger partial charge in [0.05, 0.1) is 13.3 Å². The number of aryl methyl sites for hydroxylation is 2. The van der Waals surface area contributed by atoms with Gasteiger partial charge in [-0.05, 0) is 51.1 Å². The quantitative estimate of drug-likeness (QED) is 0.422. The standard InChI is InChI=1S/C17H21N7O/c1-11-9-14(10-19-21-17-22-20-13(3)24(17)18)12(2)23(11)15-5-7-16(25-4)8-6-15/h5-10H,18H2,1-4H3,(H,21,22). The van der Waals surface area contributed by atoms with Crippen LogP contribution in [0.1, 0.15) is 22.8 Å². The van der Waals surface area contributed by atoms with Gasteiger partial charge in [0, 0.05) is 22.6 Å². The molecule has 0 saturated heterocycles. The summed E-state index contributed by atoms with van der Waals surface area (Å²) in [5.74, 6) is 7.61. The largest absolute Gasteiger partial charge is 0.497 e. The summed E-state index contributed by atoms with van der Waals surface area (Å²) >= 11 is 0. The summed E-state index contributed by atoms with van der Waals surface area (Å²) in [4.78, 5) is 0. The molecule has 0 atom stereocenters. The van der Waals surface area contributed by atoms with E-state index in [9.17, 15) is 0 Å². The summed E-state index contributed by atoms with van der Waals surface area (Å²) in [6.07, 6.45) is 1.74. The van der Waals surface area contributed by atoms with Crippen molar-refractivity contribution in [3.63, 3.8) is 0 Å². The first-order chi connectivity index (χ1) is 12.0. The van der Waals surface area contributed by atoms with Crippen molar-refractivity contribution in [2.45, 2.75) is 20.8 Å². The Balaban J connectivity index is 1.83. The van der Waals surface area contributed by atoms with Gasteiger partial charge in [0.25, 0.3) is 5.95 Å². The maximum atomic E-state index is 5.78. The van der Waals surface area contributed by atoms with E-state index in [1.165, 1.54) is 4.68 Å². The van der Waals surface area contributed by atoms with Crippen LogP contribution in [0.15, 0.2) is 35.4 Å². The van der Waals surface area contributed by atoms with Gasteiger partial charge in [-0.1, -0.05) is 0 Å². The van der Waals surface area contributed by atoms with Gasteiger partial charge in [-0.25, -0.2) is 10.1 Å². The Bertz CT molecular complexity index is 906. The number of methoxy groups -OCH3 is 1. The Hall–Kier alpha value is -3.29. The average molecular weight is 339 g/mol. The predicted molar refractivity (Wildman–Crippen MR) is 97.9 cm³/mol. The molecule has 0 amide bonds. The monoisotopic (exact) mass is 339 g/mol. The molecule has 2 heterocycles. The summed E-state index contributed by atoms with van der Waals surface area (Å²) in [6.45, 7) is 5.88. The number of hydrogen-bond donors (Lipinski definition) is 2. The maximum Gasteiger partial charge on any atom is 0.263 e. The Kier molecular flexibility index (Phi) is 4.42. The van der Waals surface area contributed by atoms with Gasteiger partial charge in [0.1, 0.15) is 5.75 Å². The molecule has 8 heteroatoms. The minimum Gasteiger partial charge on any atom is -0.497 e. The number of nitrogens with one attached hydrogen (secondary N) is 1. The van der Waals surface area contributed by atoms with Gasteiger partial charge in [-0.3, -0.25) is 0 Å². The van der Waals surface area contributed by atoms with Crippen LogP contribution in [0.2, 0.25) is 0 Å². The Morgan fingerprint density at radius 1 is 1.16 bits per heavy atom. The lowest BCUT2D eigenvalue weighted by Gasteiger charge is -2.10. The molecule has 0 aliphatic carbocycles. The molecule has 3 rings (SSSR count). The zero-order chi connectivity index (χ0) is 18.0. The van der Waals surface area contributed by atoms with Crippen molar-refractivity contribution >= 4 is 12.2 Å². The van der Waals surface area contributed by atoms with Crippen molar-refractivity contribution in [2.75, 3.05) is 18.4 Å². The van der Waals surface area contributed by atoms with Gasteiger partial charge < -0.3 is 15.1 Å². The molecule has 130 valence electrons. The lowest BCUT2D eigenvalue weighted by atomic mass is 10.2. The summed E-state index contributed by atoms with van der Waals surface area (Å²) < 4.78 is 8.72. The first-order valence-electron chi connectivity index (χ1n) is 7.81. The topological polar surface area (TPSA) is 95.3 Å². The number of nitrogens with zero attached hydrogens (tertiary/aromatic N) is 5. The van der Waals surface area contributed by atoms with Crippen LogP contribution in [-0.2, 0) is 0 Å². The molecule has 0 aliphatic heterocycles. The third kappa shape index (κ3) is 3.18. The summed E-state index contributed by atoms with van der Waals surface area (Å²) in [7, 11) is 1.66. The second kappa shape index (κ2) is 6.68. The number of aromatic nitrogens is 4. The van der Waals surface area contributed by atoms with Crippen LogP contribution >= 0.6 is 0 Å². The molecule has 2 aromatic heterocycles. The van der Waals surface area contributed by atoms with E-state index in [0.717, 1.165) is 28.4 Å². The number of nitrogen functional groups attached to an aromatic ring is 1. The van der Waals surface area contributed by atoms with Crippen LogP contribution in [0.4, 0.5) is 5.95 Å². The molecule has 0 unspecified atom stereocenters. The van der Waals surface area contributed by atoms with Crippen LogP contribution in [0.25, 0.3) is 5.69 Å². The fourth-order valence-corrected chi connectivity index (χ4v) is 2.65. The Morgan fingerprint density at radius 3 is 2.48 bits per heavy atom. The first kappa shape index (κ1) is 16.6. The van der Waals surface area contributed by atoms with E-state index in [1.54, 1.807) is 20.2 Å². The van der Waals surface area contributed by atoms with E-state index in [2.05, 4.69) is 38.3 Å². The van der Waals surface area contributed by atoms with E-state index < -0.39 is 0 Å². The van der Waals surface area contributed by atoms with Gasteiger partial charge in [-0.15, -0.1) is 10.2 Å². The van der Waals surface area contributed by atoms with Crippen molar-refractivity contribution < 1.29 is 4.74 Å². The Labute approximate surface area is 145 Å². The number of hydrazone groups is 1. The van der Waals surface area contributed by atoms with Crippen molar-refractivity contribution in [1.82, 2.24) is 19.4 Å². The molecule has 0 fully saturated rings. The molecule has 25 heavy (non-hydrogen) atoms. The molecular weight excluding hydrogens is 318 g/mol. The van der Waals surface area contributed by atoms with Gasteiger partial charge in [0.2, 0.25) is 0 Å². The lowest BCUT2D eigenvalue weighted by Crippen LogP contribution is -2.13. The highest BCUT2D eigenvalue weighted by Gasteiger charge is 2.10. The number of benzene rings is 1. The van der Waals surface area contributed by atoms with Crippen molar-refractivity contribution in [2.24, 2.45) is 5.10 Å². The number of rotatable bonds is 5.